The van der Waals surface area contributed by atoms with E-state index in [1.54, 1.807) is 0 Å². The van der Waals surface area contributed by atoms with E-state index in [9.17, 15) is 0 Å². The van der Waals surface area contributed by atoms with Gasteiger partial charge in [-0.1, -0.05) is 91.9 Å². The van der Waals surface area contributed by atoms with Crippen LogP contribution in [0.2, 0.25) is 0 Å². The monoisotopic (exact) mass is 570 g/mol. The van der Waals surface area contributed by atoms with E-state index in [0.29, 0.717) is 36.1 Å². The minimum atomic E-state index is -0.723. The number of rotatable bonds is 6. The van der Waals surface area contributed by atoms with Crippen LogP contribution in [0.5, 0.6) is 0 Å². The minimum absolute atomic E-state index is 0.149. The zero-order chi connectivity index (χ0) is 29.7. The third-order valence-electron chi connectivity index (χ3n) is 9.52. The van der Waals surface area contributed by atoms with Crippen LogP contribution in [0.25, 0.3) is 40.1 Å². The Morgan fingerprint density at radius 2 is 1.81 bits per heavy atom. The molecule has 0 radical (unpaired) electrons. The Hall–Kier alpha value is -4.09. The molecule has 3 heterocycles. The number of benzene rings is 3. The third-order valence-corrected chi connectivity index (χ3v) is 9.52. The van der Waals surface area contributed by atoms with Gasteiger partial charge in [-0.05, 0) is 73.1 Å². The maximum Gasteiger partial charge on any atom is 0.162 e. The van der Waals surface area contributed by atoms with Crippen molar-refractivity contribution in [1.82, 2.24) is 15.3 Å². The molecule has 0 saturated carbocycles. The molecule has 218 valence electrons. The quantitative estimate of drug-likeness (QED) is 0.264. The molecule has 43 heavy (non-hydrogen) atoms. The Morgan fingerprint density at radius 1 is 1.07 bits per heavy atom. The summed E-state index contributed by atoms with van der Waals surface area (Å²) in [5, 5.41) is 7.24. The molecule has 1 aromatic heterocycles. The Balaban J connectivity index is 1.42. The van der Waals surface area contributed by atoms with Crippen LogP contribution >= 0.6 is 0 Å². The highest BCUT2D eigenvalue weighted by atomic mass is 19.1. The number of halogens is 1. The zero-order valence-corrected chi connectivity index (χ0v) is 25.3. The molecule has 4 aromatic rings. The summed E-state index contributed by atoms with van der Waals surface area (Å²) >= 11 is 0. The summed E-state index contributed by atoms with van der Waals surface area (Å²) in [7, 11) is 0. The molecule has 2 fully saturated rings. The van der Waals surface area contributed by atoms with Gasteiger partial charge in [0.2, 0.25) is 0 Å². The molecule has 7 rings (SSSR count). The van der Waals surface area contributed by atoms with E-state index in [1.807, 2.05) is 38.1 Å². The number of hydrogen-bond acceptors (Lipinski definition) is 4. The first-order valence-electron chi connectivity index (χ1n) is 15.5. The topological polar surface area (TPSA) is 41.0 Å². The van der Waals surface area contributed by atoms with Crippen molar-refractivity contribution in [1.29, 1.82) is 0 Å². The SMILES string of the molecule is C=C/C(C)=C\c1ccccc1CC1(C)CC=c2c(N3CC4CCC(C3)N4)nc(-c3cc(C)cc4ccccc34)nc2=C1F. The molecule has 2 saturated heterocycles. The first-order valence-corrected chi connectivity index (χ1v) is 15.5. The molecular weight excluding hydrogens is 531 g/mol. The fourth-order valence-electron chi connectivity index (χ4n) is 7.20. The number of anilines is 1. The third kappa shape index (κ3) is 5.10. The van der Waals surface area contributed by atoms with E-state index in [1.165, 1.54) is 12.8 Å². The van der Waals surface area contributed by atoms with Gasteiger partial charge < -0.3 is 10.2 Å². The second-order valence-corrected chi connectivity index (χ2v) is 13.0. The highest BCUT2D eigenvalue weighted by Crippen LogP contribution is 2.39. The highest BCUT2D eigenvalue weighted by Gasteiger charge is 2.37. The van der Waals surface area contributed by atoms with Crippen molar-refractivity contribution >= 4 is 34.6 Å². The largest absolute Gasteiger partial charge is 0.353 e. The fraction of sp³-hybridized carbons (Fsp3) is 0.316. The second-order valence-electron chi connectivity index (χ2n) is 13.0. The normalized spacial score (nSPS) is 23.3. The summed E-state index contributed by atoms with van der Waals surface area (Å²) < 4.78 is 17.1. The van der Waals surface area contributed by atoms with Crippen molar-refractivity contribution in [3.63, 3.8) is 0 Å². The standard InChI is InChI=1S/C38H39FN4/c1-5-24(2)18-26-10-6-7-12-28(26)21-38(4)17-16-32-34(35(38)39)41-36(33-20-25(3)19-27-11-8-9-13-31(27)33)42-37(32)43-22-29-14-15-30(23-43)40-29/h5-13,16,18-20,29-30,40H,1,14-15,17,21-23H2,2-4H3/b24-18-. The summed E-state index contributed by atoms with van der Waals surface area (Å²) in [5.74, 6) is 1.31. The van der Waals surface area contributed by atoms with Crippen LogP contribution in [0.4, 0.5) is 10.2 Å². The smallest absolute Gasteiger partial charge is 0.162 e. The zero-order valence-electron chi connectivity index (χ0n) is 25.3. The van der Waals surface area contributed by atoms with E-state index in [-0.39, 0.29) is 5.83 Å². The van der Waals surface area contributed by atoms with Crippen molar-refractivity contribution in [2.45, 2.75) is 58.5 Å². The van der Waals surface area contributed by atoms with Gasteiger partial charge in [-0.15, -0.1) is 0 Å². The number of fused-ring (bicyclic) bond motifs is 4. The van der Waals surface area contributed by atoms with Crippen molar-refractivity contribution in [2.24, 2.45) is 5.41 Å². The van der Waals surface area contributed by atoms with Crippen molar-refractivity contribution < 1.29 is 4.39 Å². The molecule has 0 spiro atoms. The van der Waals surface area contributed by atoms with Crippen LogP contribution in [-0.2, 0) is 6.42 Å². The average molecular weight is 571 g/mol. The number of hydrogen-bond donors (Lipinski definition) is 1. The fourth-order valence-corrected chi connectivity index (χ4v) is 7.20. The molecule has 1 aliphatic carbocycles. The predicted molar refractivity (Wildman–Crippen MR) is 177 cm³/mol. The summed E-state index contributed by atoms with van der Waals surface area (Å²) in [6.07, 6.45) is 9.69. The van der Waals surface area contributed by atoms with Gasteiger partial charge >= 0.3 is 0 Å². The van der Waals surface area contributed by atoms with Crippen molar-refractivity contribution in [3.8, 4) is 11.4 Å². The Labute approximate surface area is 253 Å². The van der Waals surface area contributed by atoms with Crippen molar-refractivity contribution in [3.05, 3.63) is 106 Å². The molecule has 2 aliphatic heterocycles. The van der Waals surface area contributed by atoms with Gasteiger partial charge in [0.1, 0.15) is 17.0 Å². The predicted octanol–water partition coefficient (Wildman–Crippen LogP) is 6.65. The molecule has 3 unspecified atom stereocenters. The van der Waals surface area contributed by atoms with Crippen LogP contribution in [0.15, 0.2) is 78.9 Å². The second kappa shape index (κ2) is 10.9. The molecule has 5 heteroatoms. The van der Waals surface area contributed by atoms with E-state index in [0.717, 1.165) is 62.7 Å². The lowest BCUT2D eigenvalue weighted by molar-refractivity contribution is 0.388. The lowest BCUT2D eigenvalue weighted by Gasteiger charge is -2.35. The summed E-state index contributed by atoms with van der Waals surface area (Å²) in [5.41, 5.74) is 4.67. The first kappa shape index (κ1) is 27.7. The van der Waals surface area contributed by atoms with Crippen molar-refractivity contribution in [2.75, 3.05) is 18.0 Å². The van der Waals surface area contributed by atoms with E-state index >= 15 is 4.39 Å². The van der Waals surface area contributed by atoms with Gasteiger partial charge in [0, 0.05) is 41.4 Å². The Kier molecular flexibility index (Phi) is 7.01. The maximum atomic E-state index is 17.1. The molecule has 4 nitrogen and oxygen atoms in total. The molecule has 3 aromatic carbocycles. The van der Waals surface area contributed by atoms with E-state index in [4.69, 9.17) is 9.97 Å². The summed E-state index contributed by atoms with van der Waals surface area (Å²) in [6.45, 7) is 11.8. The van der Waals surface area contributed by atoms with Crippen LogP contribution < -0.4 is 20.8 Å². The molecule has 3 aliphatic rings. The van der Waals surface area contributed by atoms with E-state index < -0.39 is 5.41 Å². The van der Waals surface area contributed by atoms with Crippen LogP contribution in [0.1, 0.15) is 49.8 Å². The summed E-state index contributed by atoms with van der Waals surface area (Å²) in [4.78, 5) is 12.7. The lowest BCUT2D eigenvalue weighted by Crippen LogP contribution is -2.54. The molecule has 1 N–H and O–H groups in total. The molecule has 3 atom stereocenters. The van der Waals surface area contributed by atoms with Gasteiger partial charge in [0.15, 0.2) is 5.82 Å². The van der Waals surface area contributed by atoms with Crippen LogP contribution in [0, 0.1) is 12.3 Å². The maximum absolute atomic E-state index is 17.1. The van der Waals surface area contributed by atoms with Gasteiger partial charge in [-0.3, -0.25) is 0 Å². The lowest BCUT2D eigenvalue weighted by atomic mass is 9.76. The number of piperazine rings is 1. The van der Waals surface area contributed by atoms with Crippen LogP contribution in [-0.4, -0.2) is 35.1 Å². The van der Waals surface area contributed by atoms with Gasteiger partial charge in [-0.25, -0.2) is 14.4 Å². The minimum Gasteiger partial charge on any atom is -0.353 e. The molecule has 0 amide bonds. The van der Waals surface area contributed by atoms with E-state index in [2.05, 4.69) is 78.3 Å². The highest BCUT2D eigenvalue weighted by molar-refractivity contribution is 5.96. The number of allylic oxidation sites excluding steroid dienone is 2. The molecular formula is C38H39FN4. The summed E-state index contributed by atoms with van der Waals surface area (Å²) in [6, 6.07) is 21.8. The number of nitrogens with one attached hydrogen (secondary N) is 1. The number of nitrogens with zero attached hydrogens (tertiary/aromatic N) is 3. The first-order chi connectivity index (χ1) is 20.8. The number of aryl methyl sites for hydroxylation is 1. The van der Waals surface area contributed by atoms with Gasteiger partial charge in [0.05, 0.1) is 0 Å². The van der Waals surface area contributed by atoms with Crippen LogP contribution in [0.3, 0.4) is 0 Å². The van der Waals surface area contributed by atoms with Gasteiger partial charge in [-0.2, -0.15) is 0 Å². The molecule has 2 bridgehead atoms. The average Bonchev–Trinajstić information content (AvgIpc) is 3.36. The Bertz CT molecular complexity index is 1900. The Morgan fingerprint density at radius 3 is 2.60 bits per heavy atom. The number of aromatic nitrogens is 2. The van der Waals surface area contributed by atoms with Gasteiger partial charge in [0.25, 0.3) is 0 Å².